The molecule has 2 aliphatic heterocycles. The summed E-state index contributed by atoms with van der Waals surface area (Å²) in [6.45, 7) is 9.49. The van der Waals surface area contributed by atoms with Crippen LogP contribution in [-0.4, -0.2) is 36.5 Å². The Morgan fingerprint density at radius 2 is 2.12 bits per heavy atom. The van der Waals surface area contributed by atoms with Crippen molar-refractivity contribution >= 4 is 5.91 Å². The van der Waals surface area contributed by atoms with Crippen molar-refractivity contribution in [2.75, 3.05) is 19.6 Å². The second-order valence-corrected chi connectivity index (χ2v) is 5.73. The van der Waals surface area contributed by atoms with Crippen LogP contribution in [-0.2, 0) is 4.79 Å². The Kier molecular flexibility index (Phi) is 3.53. The first-order valence-corrected chi connectivity index (χ1v) is 6.62. The highest BCUT2D eigenvalue weighted by Crippen LogP contribution is 2.28. The van der Waals surface area contributed by atoms with Crippen LogP contribution in [0.25, 0.3) is 0 Å². The molecule has 3 heteroatoms. The molecule has 3 nitrogen and oxygen atoms in total. The first-order valence-electron chi connectivity index (χ1n) is 6.62. The van der Waals surface area contributed by atoms with Crippen molar-refractivity contribution in [2.45, 2.75) is 39.7 Å². The highest BCUT2D eigenvalue weighted by Gasteiger charge is 2.38. The molecule has 2 saturated heterocycles. The van der Waals surface area contributed by atoms with Gasteiger partial charge in [-0.3, -0.25) is 4.79 Å². The third kappa shape index (κ3) is 2.10. The lowest BCUT2D eigenvalue weighted by Crippen LogP contribution is -2.43. The molecule has 2 aliphatic rings. The van der Waals surface area contributed by atoms with Gasteiger partial charge in [0, 0.05) is 19.1 Å². The van der Waals surface area contributed by atoms with Crippen molar-refractivity contribution in [1.29, 1.82) is 0 Å². The van der Waals surface area contributed by atoms with E-state index >= 15 is 0 Å². The Morgan fingerprint density at radius 3 is 2.69 bits per heavy atom. The fraction of sp³-hybridized carbons (Fsp3) is 0.923. The topological polar surface area (TPSA) is 32.3 Å². The average molecular weight is 224 g/mol. The van der Waals surface area contributed by atoms with Crippen LogP contribution in [0.3, 0.4) is 0 Å². The van der Waals surface area contributed by atoms with Gasteiger partial charge in [-0.1, -0.05) is 20.8 Å². The fourth-order valence-electron chi connectivity index (χ4n) is 3.11. The summed E-state index contributed by atoms with van der Waals surface area (Å²) < 4.78 is 0. The monoisotopic (exact) mass is 224 g/mol. The van der Waals surface area contributed by atoms with Crippen LogP contribution in [0.1, 0.15) is 33.6 Å². The Bertz CT molecular complexity index is 265. The molecular formula is C13H24N2O. The predicted molar refractivity (Wildman–Crippen MR) is 65.1 cm³/mol. The summed E-state index contributed by atoms with van der Waals surface area (Å²) in [7, 11) is 0. The van der Waals surface area contributed by atoms with Gasteiger partial charge in [0.15, 0.2) is 0 Å². The maximum Gasteiger partial charge on any atom is 0.227 e. The van der Waals surface area contributed by atoms with E-state index in [4.69, 9.17) is 0 Å². The fourth-order valence-corrected chi connectivity index (χ4v) is 3.11. The zero-order valence-electron chi connectivity index (χ0n) is 10.7. The summed E-state index contributed by atoms with van der Waals surface area (Å²) in [6, 6.07) is 0.486. The summed E-state index contributed by atoms with van der Waals surface area (Å²) >= 11 is 0. The molecule has 0 aromatic rings. The summed E-state index contributed by atoms with van der Waals surface area (Å²) in [5.41, 5.74) is 0. The molecule has 0 bridgehead atoms. The minimum absolute atomic E-state index is 0.222. The molecule has 1 amide bonds. The number of carbonyl (C=O) groups is 1. The SMILES string of the molecule is CC(C)C1CCCN1C(=O)C1CNCC1C. The van der Waals surface area contributed by atoms with Crippen LogP contribution in [0.4, 0.5) is 0 Å². The van der Waals surface area contributed by atoms with Crippen molar-refractivity contribution in [3.63, 3.8) is 0 Å². The van der Waals surface area contributed by atoms with Crippen molar-refractivity contribution in [3.05, 3.63) is 0 Å². The van der Waals surface area contributed by atoms with Gasteiger partial charge in [-0.05, 0) is 31.2 Å². The molecule has 92 valence electrons. The molecule has 0 aliphatic carbocycles. The van der Waals surface area contributed by atoms with Crippen LogP contribution in [0.2, 0.25) is 0 Å². The first-order chi connectivity index (χ1) is 7.61. The molecule has 0 saturated carbocycles. The van der Waals surface area contributed by atoms with Crippen LogP contribution in [0.15, 0.2) is 0 Å². The number of hydrogen-bond acceptors (Lipinski definition) is 2. The Balaban J connectivity index is 2.03. The quantitative estimate of drug-likeness (QED) is 0.770. The smallest absolute Gasteiger partial charge is 0.227 e. The standard InChI is InChI=1S/C13H24N2O/c1-9(2)12-5-4-6-15(12)13(16)11-8-14-7-10(11)3/h9-12,14H,4-8H2,1-3H3. The van der Waals surface area contributed by atoms with Gasteiger partial charge in [0.25, 0.3) is 0 Å². The molecule has 0 radical (unpaired) electrons. The third-order valence-corrected chi connectivity index (χ3v) is 4.19. The maximum absolute atomic E-state index is 12.5. The normalized spacial score (nSPS) is 35.0. The van der Waals surface area contributed by atoms with Crippen LogP contribution >= 0.6 is 0 Å². The van der Waals surface area contributed by atoms with Crippen molar-refractivity contribution in [3.8, 4) is 0 Å². The number of rotatable bonds is 2. The van der Waals surface area contributed by atoms with Gasteiger partial charge in [-0.2, -0.15) is 0 Å². The molecule has 2 fully saturated rings. The van der Waals surface area contributed by atoms with Crippen molar-refractivity contribution < 1.29 is 4.79 Å². The molecule has 2 heterocycles. The Hall–Kier alpha value is -0.570. The van der Waals surface area contributed by atoms with E-state index in [1.165, 1.54) is 12.8 Å². The molecular weight excluding hydrogens is 200 g/mol. The number of hydrogen-bond donors (Lipinski definition) is 1. The van der Waals surface area contributed by atoms with E-state index in [1.807, 2.05) is 0 Å². The van der Waals surface area contributed by atoms with E-state index in [0.29, 0.717) is 23.8 Å². The molecule has 3 unspecified atom stereocenters. The lowest BCUT2D eigenvalue weighted by Gasteiger charge is -2.30. The zero-order chi connectivity index (χ0) is 11.7. The molecule has 3 atom stereocenters. The number of amides is 1. The van der Waals surface area contributed by atoms with E-state index in [2.05, 4.69) is 31.0 Å². The van der Waals surface area contributed by atoms with Gasteiger partial charge in [0.1, 0.15) is 0 Å². The zero-order valence-corrected chi connectivity index (χ0v) is 10.7. The van der Waals surface area contributed by atoms with Gasteiger partial charge in [-0.15, -0.1) is 0 Å². The van der Waals surface area contributed by atoms with Crippen LogP contribution in [0, 0.1) is 17.8 Å². The van der Waals surface area contributed by atoms with E-state index in [1.54, 1.807) is 0 Å². The van der Waals surface area contributed by atoms with Crippen LogP contribution < -0.4 is 5.32 Å². The van der Waals surface area contributed by atoms with Gasteiger partial charge in [-0.25, -0.2) is 0 Å². The summed E-state index contributed by atoms with van der Waals surface area (Å²) in [5, 5.41) is 3.32. The molecule has 0 aromatic carbocycles. The average Bonchev–Trinajstić information content (AvgIpc) is 2.84. The summed E-state index contributed by atoms with van der Waals surface area (Å²) in [5.74, 6) is 1.71. The van der Waals surface area contributed by atoms with E-state index in [-0.39, 0.29) is 5.92 Å². The summed E-state index contributed by atoms with van der Waals surface area (Å²) in [6.07, 6.45) is 2.38. The Morgan fingerprint density at radius 1 is 1.38 bits per heavy atom. The molecule has 16 heavy (non-hydrogen) atoms. The second-order valence-electron chi connectivity index (χ2n) is 5.73. The van der Waals surface area contributed by atoms with E-state index in [9.17, 15) is 4.79 Å². The molecule has 1 N–H and O–H groups in total. The third-order valence-electron chi connectivity index (χ3n) is 4.19. The Labute approximate surface area is 98.6 Å². The molecule has 0 aromatic heterocycles. The number of nitrogens with one attached hydrogen (secondary N) is 1. The van der Waals surface area contributed by atoms with Gasteiger partial charge in [0.05, 0.1) is 5.92 Å². The highest BCUT2D eigenvalue weighted by molar-refractivity contribution is 5.80. The lowest BCUT2D eigenvalue weighted by molar-refractivity contribution is -0.137. The first kappa shape index (κ1) is 11.9. The molecule has 2 rings (SSSR count). The number of carbonyl (C=O) groups excluding carboxylic acids is 1. The van der Waals surface area contributed by atoms with Gasteiger partial charge in [0.2, 0.25) is 5.91 Å². The number of likely N-dealkylation sites (tertiary alicyclic amines) is 1. The minimum atomic E-state index is 0.222. The number of nitrogens with zero attached hydrogens (tertiary/aromatic N) is 1. The highest BCUT2D eigenvalue weighted by atomic mass is 16.2. The minimum Gasteiger partial charge on any atom is -0.339 e. The van der Waals surface area contributed by atoms with Gasteiger partial charge >= 0.3 is 0 Å². The largest absolute Gasteiger partial charge is 0.339 e. The van der Waals surface area contributed by atoms with Gasteiger partial charge < -0.3 is 10.2 Å². The molecule has 0 spiro atoms. The van der Waals surface area contributed by atoms with E-state index in [0.717, 1.165) is 19.6 Å². The van der Waals surface area contributed by atoms with Crippen molar-refractivity contribution in [2.24, 2.45) is 17.8 Å². The second kappa shape index (κ2) is 4.74. The predicted octanol–water partition coefficient (Wildman–Crippen LogP) is 1.49. The maximum atomic E-state index is 12.5. The van der Waals surface area contributed by atoms with Crippen LogP contribution in [0.5, 0.6) is 0 Å². The lowest BCUT2D eigenvalue weighted by atomic mass is 9.95. The van der Waals surface area contributed by atoms with E-state index < -0.39 is 0 Å². The van der Waals surface area contributed by atoms with Crippen molar-refractivity contribution in [1.82, 2.24) is 10.2 Å². The summed E-state index contributed by atoms with van der Waals surface area (Å²) in [4.78, 5) is 14.6.